The topological polar surface area (TPSA) is 3.24 Å². The molecule has 2 unspecified atom stereocenters. The van der Waals surface area contributed by atoms with Gasteiger partial charge in [-0.05, 0) is 25.4 Å². The molecule has 0 amide bonds. The summed E-state index contributed by atoms with van der Waals surface area (Å²) in [6.07, 6.45) is 1.26. The van der Waals surface area contributed by atoms with Crippen LogP contribution in [0.25, 0.3) is 0 Å². The third-order valence-electron chi connectivity index (χ3n) is 2.34. The zero-order chi connectivity index (χ0) is 6.85. The summed E-state index contributed by atoms with van der Waals surface area (Å²) in [5, 5.41) is 0. The predicted octanol–water partition coefficient (Wildman–Crippen LogP) is 1.24. The van der Waals surface area contributed by atoms with Gasteiger partial charge in [0, 0.05) is 0 Å². The molecule has 1 aliphatic rings. The van der Waals surface area contributed by atoms with Gasteiger partial charge in [-0.1, -0.05) is 20.2 Å². The zero-order valence-electron chi connectivity index (χ0n) is 6.59. The second-order valence-corrected chi connectivity index (χ2v) is 3.31. The normalized spacial score (nSPS) is 38.1. The smallest absolute Gasteiger partial charge is 0.208 e. The van der Waals surface area contributed by atoms with Crippen molar-refractivity contribution in [2.75, 3.05) is 13.6 Å². The summed E-state index contributed by atoms with van der Waals surface area (Å²) >= 11 is 0. The summed E-state index contributed by atoms with van der Waals surface area (Å²) in [6.45, 7) is 5.89. The van der Waals surface area contributed by atoms with Crippen molar-refractivity contribution < 1.29 is 0 Å². The highest BCUT2D eigenvalue weighted by Gasteiger charge is 2.20. The van der Waals surface area contributed by atoms with Crippen molar-refractivity contribution in [1.82, 2.24) is 4.81 Å². The van der Waals surface area contributed by atoms with Crippen LogP contribution in [0.2, 0.25) is 6.32 Å². The minimum absolute atomic E-state index is 0.875. The Labute approximate surface area is 58.7 Å². The number of hydrogen-bond donors (Lipinski definition) is 0. The molecular weight excluding hydrogens is 109 g/mol. The molecule has 0 aliphatic carbocycles. The number of nitrogens with zero attached hydrogens (tertiary/aromatic N) is 1. The van der Waals surface area contributed by atoms with E-state index in [0.29, 0.717) is 0 Å². The van der Waals surface area contributed by atoms with Crippen LogP contribution in [0.1, 0.15) is 13.8 Å². The minimum atomic E-state index is 0.875. The fourth-order valence-electron chi connectivity index (χ4n) is 1.29. The van der Waals surface area contributed by atoms with Crippen LogP contribution in [0.3, 0.4) is 0 Å². The third kappa shape index (κ3) is 1.72. The van der Waals surface area contributed by atoms with Crippen LogP contribution < -0.4 is 0 Å². The van der Waals surface area contributed by atoms with Crippen LogP contribution in [0, 0.1) is 11.8 Å². The summed E-state index contributed by atoms with van der Waals surface area (Å²) in [4.78, 5) is 2.30. The van der Waals surface area contributed by atoms with Crippen LogP contribution >= 0.6 is 0 Å². The van der Waals surface area contributed by atoms with Crippen molar-refractivity contribution in [2.24, 2.45) is 11.8 Å². The number of rotatable bonds is 0. The lowest BCUT2D eigenvalue weighted by Gasteiger charge is -2.31. The first-order valence-corrected chi connectivity index (χ1v) is 3.73. The van der Waals surface area contributed by atoms with E-state index in [0.717, 1.165) is 11.8 Å². The molecule has 2 heteroatoms. The van der Waals surface area contributed by atoms with E-state index in [2.05, 4.69) is 33.1 Å². The van der Waals surface area contributed by atoms with Crippen molar-refractivity contribution in [3.05, 3.63) is 0 Å². The Morgan fingerprint density at radius 1 is 1.33 bits per heavy atom. The van der Waals surface area contributed by atoms with Crippen molar-refractivity contribution in [3.8, 4) is 0 Å². The largest absolute Gasteiger partial charge is 0.349 e. The van der Waals surface area contributed by atoms with Crippen LogP contribution in [0.5, 0.6) is 0 Å². The average molecular weight is 124 g/mol. The van der Waals surface area contributed by atoms with Crippen molar-refractivity contribution in [1.29, 1.82) is 0 Å². The molecule has 1 aliphatic heterocycles. The average Bonchev–Trinajstić information content (AvgIpc) is 1.80. The first kappa shape index (κ1) is 7.14. The Hall–Kier alpha value is 0.0249. The van der Waals surface area contributed by atoms with Crippen LogP contribution in [-0.2, 0) is 0 Å². The lowest BCUT2D eigenvalue weighted by atomic mass is 9.70. The maximum absolute atomic E-state index is 2.33. The van der Waals surface area contributed by atoms with Gasteiger partial charge in [-0.15, -0.1) is 0 Å². The van der Waals surface area contributed by atoms with E-state index < -0.39 is 0 Å². The van der Waals surface area contributed by atoms with Gasteiger partial charge < -0.3 is 4.81 Å². The van der Waals surface area contributed by atoms with Gasteiger partial charge in [0.05, 0.1) is 0 Å². The highest BCUT2D eigenvalue weighted by Crippen LogP contribution is 2.20. The predicted molar refractivity (Wildman–Crippen MR) is 41.5 cm³/mol. The lowest BCUT2D eigenvalue weighted by molar-refractivity contribution is 0.306. The van der Waals surface area contributed by atoms with Crippen LogP contribution in [0.4, 0.5) is 0 Å². The molecule has 0 aromatic rings. The lowest BCUT2D eigenvalue weighted by Crippen LogP contribution is -2.37. The van der Waals surface area contributed by atoms with Crippen LogP contribution in [0.15, 0.2) is 0 Å². The van der Waals surface area contributed by atoms with E-state index in [1.807, 2.05) is 0 Å². The Morgan fingerprint density at radius 2 is 2.00 bits per heavy atom. The SMILES string of the molecule is CC1C[B]N(C)CC1C. The maximum Gasteiger partial charge on any atom is 0.208 e. The molecule has 51 valence electrons. The Bertz CT molecular complexity index is 94.9. The molecule has 0 saturated carbocycles. The molecule has 0 bridgehead atoms. The Kier molecular flexibility index (Phi) is 2.17. The molecule has 2 atom stereocenters. The van der Waals surface area contributed by atoms with Crippen molar-refractivity contribution >= 4 is 7.41 Å². The van der Waals surface area contributed by atoms with Crippen molar-refractivity contribution in [3.63, 3.8) is 0 Å². The fourth-order valence-corrected chi connectivity index (χ4v) is 1.29. The monoisotopic (exact) mass is 124 g/mol. The number of hydrogen-bond acceptors (Lipinski definition) is 1. The van der Waals surface area contributed by atoms with E-state index in [1.165, 1.54) is 12.9 Å². The van der Waals surface area contributed by atoms with E-state index in [1.54, 1.807) is 0 Å². The van der Waals surface area contributed by atoms with Gasteiger partial charge in [0.1, 0.15) is 0 Å². The van der Waals surface area contributed by atoms with Gasteiger partial charge in [0.2, 0.25) is 7.41 Å². The molecule has 1 rings (SSSR count). The molecule has 0 spiro atoms. The summed E-state index contributed by atoms with van der Waals surface area (Å²) in [7, 11) is 4.45. The highest BCUT2D eigenvalue weighted by atomic mass is 15.0. The molecule has 0 aromatic heterocycles. The Balaban J connectivity index is 2.35. The highest BCUT2D eigenvalue weighted by molar-refractivity contribution is 6.32. The third-order valence-corrected chi connectivity index (χ3v) is 2.34. The zero-order valence-corrected chi connectivity index (χ0v) is 6.59. The van der Waals surface area contributed by atoms with Gasteiger partial charge >= 0.3 is 0 Å². The molecule has 0 N–H and O–H groups in total. The van der Waals surface area contributed by atoms with Gasteiger partial charge in [0.25, 0.3) is 0 Å². The van der Waals surface area contributed by atoms with Gasteiger partial charge in [-0.2, -0.15) is 0 Å². The van der Waals surface area contributed by atoms with Gasteiger partial charge in [-0.3, -0.25) is 0 Å². The summed E-state index contributed by atoms with van der Waals surface area (Å²) in [6, 6.07) is 0. The maximum atomic E-state index is 2.33. The van der Waals surface area contributed by atoms with Gasteiger partial charge in [-0.25, -0.2) is 0 Å². The van der Waals surface area contributed by atoms with Crippen molar-refractivity contribution in [2.45, 2.75) is 20.2 Å². The van der Waals surface area contributed by atoms with E-state index in [-0.39, 0.29) is 0 Å². The second kappa shape index (κ2) is 2.74. The Morgan fingerprint density at radius 3 is 2.44 bits per heavy atom. The van der Waals surface area contributed by atoms with Gasteiger partial charge in [0.15, 0.2) is 0 Å². The molecule has 1 fully saturated rings. The molecule has 1 radical (unpaired) electrons. The first-order valence-electron chi connectivity index (χ1n) is 3.73. The molecule has 9 heavy (non-hydrogen) atoms. The van der Waals surface area contributed by atoms with E-state index in [9.17, 15) is 0 Å². The first-order chi connectivity index (χ1) is 4.20. The minimum Gasteiger partial charge on any atom is -0.349 e. The quantitative estimate of drug-likeness (QED) is 0.439. The molecule has 0 aromatic carbocycles. The molecule has 1 nitrogen and oxygen atoms in total. The summed E-state index contributed by atoms with van der Waals surface area (Å²) in [5.41, 5.74) is 0. The summed E-state index contributed by atoms with van der Waals surface area (Å²) < 4.78 is 0. The van der Waals surface area contributed by atoms with Crippen LogP contribution in [-0.4, -0.2) is 25.8 Å². The summed E-state index contributed by atoms with van der Waals surface area (Å²) in [5.74, 6) is 1.76. The molecule has 1 saturated heterocycles. The van der Waals surface area contributed by atoms with E-state index >= 15 is 0 Å². The fraction of sp³-hybridized carbons (Fsp3) is 1.00. The standard InChI is InChI=1S/C7H15BN/c1-6-4-8-9(3)5-7(6)2/h6-7H,4-5H2,1-3H3. The molecule has 1 heterocycles. The van der Waals surface area contributed by atoms with E-state index in [4.69, 9.17) is 0 Å². The second-order valence-electron chi connectivity index (χ2n) is 3.31. The molecular formula is C7H15BN.